The van der Waals surface area contributed by atoms with Gasteiger partial charge in [-0.3, -0.25) is 10.1 Å². The topological polar surface area (TPSA) is 189 Å². The summed E-state index contributed by atoms with van der Waals surface area (Å²) in [6.45, 7) is -2.60. The molecule has 0 aliphatic rings. The Hall–Kier alpha value is -0.450. The molecule has 8 N–H and O–H groups in total. The van der Waals surface area contributed by atoms with Gasteiger partial charge in [0.05, 0.1) is 0 Å². The van der Waals surface area contributed by atoms with Crippen LogP contribution in [0.4, 0.5) is 0 Å². The molecule has 0 heterocycles. The van der Waals surface area contributed by atoms with E-state index in [1.165, 1.54) is 7.11 Å². The van der Waals surface area contributed by atoms with Gasteiger partial charge in [-0.2, -0.15) is 0 Å². The fourth-order valence-electron chi connectivity index (χ4n) is 0.323. The fourth-order valence-corrected chi connectivity index (χ4v) is 0.323. The van der Waals surface area contributed by atoms with Gasteiger partial charge < -0.3 is 35.8 Å². The standard InChI is InChI=1S/C4H9NO5.CH5O3P.H3N/c6-1-4(2-7,3-8)5(9)10;1-4-5(2)3;/h6-8H,1-3H2;2-3H,1H3;1H3. The lowest BCUT2D eigenvalue weighted by molar-refractivity contribution is -0.580. The van der Waals surface area contributed by atoms with Gasteiger partial charge in [0.25, 0.3) is 5.54 Å². The summed E-state index contributed by atoms with van der Waals surface area (Å²) in [7, 11) is -0.870. The first kappa shape index (κ1) is 20.9. The summed E-state index contributed by atoms with van der Waals surface area (Å²) >= 11 is 0. The van der Waals surface area contributed by atoms with Crippen LogP contribution in [0.2, 0.25) is 0 Å². The summed E-state index contributed by atoms with van der Waals surface area (Å²) < 4.78 is 3.93. The number of nitro groups is 1. The Morgan fingerprint density at radius 2 is 1.50 bits per heavy atom. The molecule has 0 bridgehead atoms. The van der Waals surface area contributed by atoms with E-state index in [4.69, 9.17) is 25.1 Å². The van der Waals surface area contributed by atoms with Crippen molar-refractivity contribution in [2.24, 2.45) is 0 Å². The minimum Gasteiger partial charge on any atom is -0.389 e. The molecule has 0 aliphatic heterocycles. The van der Waals surface area contributed by atoms with Crippen LogP contribution in [0.1, 0.15) is 0 Å². The van der Waals surface area contributed by atoms with Crippen LogP contribution in [-0.4, -0.2) is 62.5 Å². The maximum atomic E-state index is 10.0. The van der Waals surface area contributed by atoms with Crippen molar-refractivity contribution in [3.63, 3.8) is 0 Å². The van der Waals surface area contributed by atoms with Crippen LogP contribution in [0.5, 0.6) is 0 Å². The lowest BCUT2D eigenvalue weighted by Gasteiger charge is -2.16. The Morgan fingerprint density at radius 1 is 1.25 bits per heavy atom. The van der Waals surface area contributed by atoms with Crippen molar-refractivity contribution < 1.29 is 34.6 Å². The molecule has 16 heavy (non-hydrogen) atoms. The maximum Gasteiger partial charge on any atom is 0.326 e. The molecule has 0 aliphatic carbocycles. The van der Waals surface area contributed by atoms with E-state index >= 15 is 0 Å². The van der Waals surface area contributed by atoms with E-state index in [1.807, 2.05) is 0 Å². The quantitative estimate of drug-likeness (QED) is 0.185. The third kappa shape index (κ3) is 7.79. The second kappa shape index (κ2) is 11.0. The molecular weight excluding hydrogens is 247 g/mol. The van der Waals surface area contributed by atoms with E-state index < -0.39 is 38.9 Å². The average molecular weight is 264 g/mol. The van der Waals surface area contributed by atoms with Gasteiger partial charge in [0.15, 0.2) is 0 Å². The fraction of sp³-hybridized carbons (Fsp3) is 1.00. The van der Waals surface area contributed by atoms with Crippen LogP contribution in [-0.2, 0) is 4.52 Å². The van der Waals surface area contributed by atoms with E-state index in [-0.39, 0.29) is 6.15 Å². The maximum absolute atomic E-state index is 10.0. The first-order valence-electron chi connectivity index (χ1n) is 3.59. The molecule has 0 atom stereocenters. The van der Waals surface area contributed by atoms with Crippen LogP contribution in [0.3, 0.4) is 0 Å². The molecule has 0 rings (SSSR count). The predicted molar refractivity (Wildman–Crippen MR) is 54.4 cm³/mol. The highest BCUT2D eigenvalue weighted by atomic mass is 31.2. The Morgan fingerprint density at radius 3 is 1.50 bits per heavy atom. The molecule has 0 aromatic heterocycles. The summed E-state index contributed by atoms with van der Waals surface area (Å²) in [5.74, 6) is 0. The Labute approximate surface area is 92.8 Å². The van der Waals surface area contributed by atoms with E-state index in [1.54, 1.807) is 0 Å². The van der Waals surface area contributed by atoms with Gasteiger partial charge in [0.1, 0.15) is 19.8 Å². The highest BCUT2D eigenvalue weighted by molar-refractivity contribution is 7.39. The summed E-state index contributed by atoms with van der Waals surface area (Å²) in [6.07, 6.45) is 0. The van der Waals surface area contributed by atoms with Gasteiger partial charge in [0, 0.05) is 12.0 Å². The highest BCUT2D eigenvalue weighted by Crippen LogP contribution is 2.20. The molecule has 0 spiro atoms. The molecule has 0 aromatic carbocycles. The van der Waals surface area contributed by atoms with Gasteiger partial charge in [0.2, 0.25) is 0 Å². The molecule has 0 fully saturated rings. The van der Waals surface area contributed by atoms with Crippen LogP contribution in [0.25, 0.3) is 0 Å². The van der Waals surface area contributed by atoms with Crippen molar-refractivity contribution in [3.05, 3.63) is 10.1 Å². The van der Waals surface area contributed by atoms with Crippen molar-refractivity contribution in [1.82, 2.24) is 6.15 Å². The zero-order valence-electron chi connectivity index (χ0n) is 8.68. The van der Waals surface area contributed by atoms with Crippen molar-refractivity contribution in [2.75, 3.05) is 26.9 Å². The Bertz CT molecular complexity index is 168. The molecule has 11 heteroatoms. The minimum absolute atomic E-state index is 0. The van der Waals surface area contributed by atoms with Crippen LogP contribution >= 0.6 is 8.60 Å². The third-order valence-corrected chi connectivity index (χ3v) is 1.76. The van der Waals surface area contributed by atoms with Crippen LogP contribution < -0.4 is 6.15 Å². The zero-order chi connectivity index (χ0) is 12.5. The van der Waals surface area contributed by atoms with E-state index in [9.17, 15) is 10.1 Å². The molecule has 100 valence electrons. The molecule has 0 saturated heterocycles. The SMILES string of the molecule is COP(O)O.N.O=[N+]([O-])C(CO)(CO)CO. The lowest BCUT2D eigenvalue weighted by atomic mass is 10.1. The molecule has 0 radical (unpaired) electrons. The van der Waals surface area contributed by atoms with Crippen molar-refractivity contribution in [3.8, 4) is 0 Å². The van der Waals surface area contributed by atoms with Crippen molar-refractivity contribution >= 4 is 8.60 Å². The van der Waals surface area contributed by atoms with Gasteiger partial charge in [-0.05, 0) is 0 Å². The monoisotopic (exact) mass is 264 g/mol. The average Bonchev–Trinajstić information content (AvgIpc) is 2.21. The van der Waals surface area contributed by atoms with Gasteiger partial charge in [-0.15, -0.1) is 0 Å². The van der Waals surface area contributed by atoms with E-state index in [0.717, 1.165) is 0 Å². The number of aliphatic hydroxyl groups excluding tert-OH is 3. The van der Waals surface area contributed by atoms with Crippen LogP contribution in [0, 0.1) is 10.1 Å². The van der Waals surface area contributed by atoms with Crippen molar-refractivity contribution in [2.45, 2.75) is 5.54 Å². The highest BCUT2D eigenvalue weighted by Gasteiger charge is 2.41. The third-order valence-electron chi connectivity index (χ3n) is 1.43. The summed E-state index contributed by atoms with van der Waals surface area (Å²) in [5.41, 5.74) is -1.99. The zero-order valence-corrected chi connectivity index (χ0v) is 9.58. The van der Waals surface area contributed by atoms with E-state index in [0.29, 0.717) is 0 Å². The number of aliphatic hydroxyl groups is 3. The first-order valence-corrected chi connectivity index (χ1v) is 4.75. The number of hydrogen-bond acceptors (Lipinski definition) is 9. The molecular formula is C5H17N2O8P. The smallest absolute Gasteiger partial charge is 0.326 e. The number of hydrogen-bond donors (Lipinski definition) is 6. The van der Waals surface area contributed by atoms with Crippen molar-refractivity contribution in [1.29, 1.82) is 0 Å². The largest absolute Gasteiger partial charge is 0.389 e. The summed E-state index contributed by atoms with van der Waals surface area (Å²) in [5, 5.41) is 35.2. The Balaban J connectivity index is -0.000000242. The predicted octanol–water partition coefficient (Wildman–Crippen LogP) is -2.01. The van der Waals surface area contributed by atoms with E-state index in [2.05, 4.69) is 4.52 Å². The normalized spacial score (nSPS) is 10.2. The second-order valence-electron chi connectivity index (χ2n) is 2.39. The molecule has 0 saturated carbocycles. The first-order chi connectivity index (χ1) is 6.90. The Kier molecular flexibility index (Phi) is 14.4. The molecule has 0 amide bonds. The molecule has 10 nitrogen and oxygen atoms in total. The lowest BCUT2D eigenvalue weighted by Crippen LogP contribution is -2.49. The van der Waals surface area contributed by atoms with Crippen LogP contribution in [0.15, 0.2) is 0 Å². The van der Waals surface area contributed by atoms with Gasteiger partial charge >= 0.3 is 8.60 Å². The molecule has 0 unspecified atom stereocenters. The molecule has 0 aromatic rings. The number of nitrogens with zero attached hydrogens (tertiary/aromatic N) is 1. The number of rotatable bonds is 5. The minimum atomic E-state index is -2.10. The summed E-state index contributed by atoms with van der Waals surface area (Å²) in [4.78, 5) is 24.7. The second-order valence-corrected chi connectivity index (χ2v) is 3.26. The summed E-state index contributed by atoms with van der Waals surface area (Å²) in [6, 6.07) is 0. The van der Waals surface area contributed by atoms with Gasteiger partial charge in [-0.25, -0.2) is 0 Å². The van der Waals surface area contributed by atoms with Gasteiger partial charge in [-0.1, -0.05) is 0 Å².